The van der Waals surface area contributed by atoms with Gasteiger partial charge in [-0.25, -0.2) is 14.4 Å². The number of nitrogens with one attached hydrogen (secondary N) is 1. The average Bonchev–Trinajstić information content (AvgIpc) is 2.33. The van der Waals surface area contributed by atoms with Crippen LogP contribution in [0.2, 0.25) is 5.02 Å². The van der Waals surface area contributed by atoms with Crippen molar-refractivity contribution in [2.45, 2.75) is 6.92 Å². The Balaban J connectivity index is 2.45. The smallest absolute Gasteiger partial charge is 0.223 e. The van der Waals surface area contributed by atoms with Crippen molar-refractivity contribution < 1.29 is 4.39 Å². The van der Waals surface area contributed by atoms with Crippen molar-refractivity contribution in [3.8, 4) is 11.3 Å². The normalized spacial score (nSPS) is 10.3. The molecule has 2 rings (SSSR count). The molecular weight excluding hydrogens is 241 g/mol. The second kappa shape index (κ2) is 5.10. The molecule has 2 aromatic rings. The number of hydrogen-bond donors (Lipinski definition) is 1. The maximum Gasteiger partial charge on any atom is 0.223 e. The van der Waals surface area contributed by atoms with Crippen molar-refractivity contribution in [3.63, 3.8) is 0 Å². The van der Waals surface area contributed by atoms with E-state index >= 15 is 0 Å². The van der Waals surface area contributed by atoms with Gasteiger partial charge in [-0.2, -0.15) is 0 Å². The minimum absolute atomic E-state index is 0.340. The third kappa shape index (κ3) is 2.71. The highest BCUT2D eigenvalue weighted by atomic mass is 35.5. The SMILES string of the molecule is CCNc1nccc(-c2cc(F)ccc2Cl)n1. The van der Waals surface area contributed by atoms with Crippen LogP contribution < -0.4 is 5.32 Å². The summed E-state index contributed by atoms with van der Waals surface area (Å²) < 4.78 is 13.2. The molecule has 1 aromatic heterocycles. The van der Waals surface area contributed by atoms with Crippen LogP contribution in [0.4, 0.5) is 10.3 Å². The summed E-state index contributed by atoms with van der Waals surface area (Å²) in [6.45, 7) is 2.67. The lowest BCUT2D eigenvalue weighted by Crippen LogP contribution is -2.02. The molecule has 5 heteroatoms. The number of rotatable bonds is 3. The number of hydrogen-bond acceptors (Lipinski definition) is 3. The Labute approximate surface area is 104 Å². The Morgan fingerprint density at radius 1 is 1.35 bits per heavy atom. The molecule has 0 bridgehead atoms. The second-order valence-corrected chi connectivity index (χ2v) is 3.83. The topological polar surface area (TPSA) is 37.8 Å². The van der Waals surface area contributed by atoms with E-state index in [1.54, 1.807) is 12.3 Å². The van der Waals surface area contributed by atoms with E-state index in [0.29, 0.717) is 22.2 Å². The van der Waals surface area contributed by atoms with Crippen LogP contribution in [0.1, 0.15) is 6.92 Å². The highest BCUT2D eigenvalue weighted by Gasteiger charge is 2.07. The first kappa shape index (κ1) is 11.8. The number of benzene rings is 1. The minimum Gasteiger partial charge on any atom is -0.354 e. The molecule has 0 amide bonds. The quantitative estimate of drug-likeness (QED) is 0.909. The van der Waals surface area contributed by atoms with Crippen LogP contribution in [0.15, 0.2) is 30.5 Å². The summed E-state index contributed by atoms with van der Waals surface area (Å²) in [6.07, 6.45) is 1.61. The van der Waals surface area contributed by atoms with Gasteiger partial charge in [-0.1, -0.05) is 11.6 Å². The Bertz CT molecular complexity index is 531. The highest BCUT2D eigenvalue weighted by molar-refractivity contribution is 6.33. The summed E-state index contributed by atoms with van der Waals surface area (Å²) in [5.74, 6) is 0.165. The number of halogens is 2. The molecule has 88 valence electrons. The Morgan fingerprint density at radius 2 is 2.18 bits per heavy atom. The van der Waals surface area contributed by atoms with E-state index in [1.807, 2.05) is 6.92 Å². The average molecular weight is 252 g/mol. The molecule has 17 heavy (non-hydrogen) atoms. The predicted molar refractivity (Wildman–Crippen MR) is 66.6 cm³/mol. The molecule has 0 aliphatic rings. The van der Waals surface area contributed by atoms with Crippen molar-refractivity contribution in [1.29, 1.82) is 0 Å². The third-order valence-corrected chi connectivity index (χ3v) is 2.52. The molecule has 0 aliphatic heterocycles. The third-order valence-electron chi connectivity index (χ3n) is 2.19. The molecule has 1 heterocycles. The maximum absolute atomic E-state index is 13.2. The fourth-order valence-corrected chi connectivity index (χ4v) is 1.66. The monoisotopic (exact) mass is 251 g/mol. The van der Waals surface area contributed by atoms with Crippen molar-refractivity contribution in [3.05, 3.63) is 41.3 Å². The first-order valence-electron chi connectivity index (χ1n) is 5.23. The van der Waals surface area contributed by atoms with Crippen molar-refractivity contribution in [2.75, 3.05) is 11.9 Å². The number of anilines is 1. The van der Waals surface area contributed by atoms with E-state index in [0.717, 1.165) is 6.54 Å². The van der Waals surface area contributed by atoms with E-state index in [4.69, 9.17) is 11.6 Å². The van der Waals surface area contributed by atoms with E-state index in [-0.39, 0.29) is 5.82 Å². The van der Waals surface area contributed by atoms with Gasteiger partial charge in [0.15, 0.2) is 0 Å². The molecule has 0 fully saturated rings. The van der Waals surface area contributed by atoms with Crippen molar-refractivity contribution >= 4 is 17.5 Å². The Kier molecular flexibility index (Phi) is 3.54. The van der Waals surface area contributed by atoms with E-state index in [2.05, 4.69) is 15.3 Å². The summed E-state index contributed by atoms with van der Waals surface area (Å²) in [5.41, 5.74) is 1.16. The molecule has 0 unspecified atom stereocenters. The van der Waals surface area contributed by atoms with Gasteiger partial charge in [0.25, 0.3) is 0 Å². The zero-order valence-electron chi connectivity index (χ0n) is 9.24. The molecule has 0 saturated heterocycles. The van der Waals surface area contributed by atoms with Gasteiger partial charge < -0.3 is 5.32 Å². The predicted octanol–water partition coefficient (Wildman–Crippen LogP) is 3.37. The second-order valence-electron chi connectivity index (χ2n) is 3.42. The number of nitrogens with zero attached hydrogens (tertiary/aromatic N) is 2. The lowest BCUT2D eigenvalue weighted by Gasteiger charge is -2.06. The van der Waals surface area contributed by atoms with Gasteiger partial charge >= 0.3 is 0 Å². The summed E-state index contributed by atoms with van der Waals surface area (Å²) >= 11 is 6.01. The molecule has 0 saturated carbocycles. The molecule has 0 aliphatic carbocycles. The molecule has 1 N–H and O–H groups in total. The van der Waals surface area contributed by atoms with Crippen LogP contribution in [-0.2, 0) is 0 Å². The molecule has 0 radical (unpaired) electrons. The zero-order chi connectivity index (χ0) is 12.3. The fourth-order valence-electron chi connectivity index (χ4n) is 1.45. The molecule has 3 nitrogen and oxygen atoms in total. The number of aromatic nitrogens is 2. The van der Waals surface area contributed by atoms with Crippen LogP contribution in [0.3, 0.4) is 0 Å². The van der Waals surface area contributed by atoms with E-state index < -0.39 is 0 Å². The molecule has 0 atom stereocenters. The first-order valence-corrected chi connectivity index (χ1v) is 5.61. The molecular formula is C12H11ClFN3. The standard InChI is InChI=1S/C12H11ClFN3/c1-2-15-12-16-6-5-11(17-12)9-7-8(14)3-4-10(9)13/h3-7H,2H2,1H3,(H,15,16,17). The molecule has 0 spiro atoms. The van der Waals surface area contributed by atoms with Crippen molar-refractivity contribution in [2.24, 2.45) is 0 Å². The fraction of sp³-hybridized carbons (Fsp3) is 0.167. The van der Waals surface area contributed by atoms with Gasteiger partial charge in [0, 0.05) is 18.3 Å². The van der Waals surface area contributed by atoms with Gasteiger partial charge in [-0.15, -0.1) is 0 Å². The first-order chi connectivity index (χ1) is 8.20. The van der Waals surface area contributed by atoms with Crippen LogP contribution >= 0.6 is 11.6 Å². The summed E-state index contributed by atoms with van der Waals surface area (Å²) in [7, 11) is 0. The van der Waals surface area contributed by atoms with Gasteiger partial charge in [-0.05, 0) is 31.2 Å². The van der Waals surface area contributed by atoms with Gasteiger partial charge in [-0.3, -0.25) is 0 Å². The molecule has 1 aromatic carbocycles. The Morgan fingerprint density at radius 3 is 2.94 bits per heavy atom. The largest absolute Gasteiger partial charge is 0.354 e. The minimum atomic E-state index is -0.340. The van der Waals surface area contributed by atoms with Crippen LogP contribution in [0.5, 0.6) is 0 Å². The van der Waals surface area contributed by atoms with E-state index in [9.17, 15) is 4.39 Å². The van der Waals surface area contributed by atoms with Crippen LogP contribution in [-0.4, -0.2) is 16.5 Å². The van der Waals surface area contributed by atoms with E-state index in [1.165, 1.54) is 18.2 Å². The summed E-state index contributed by atoms with van der Waals surface area (Å²) in [4.78, 5) is 8.31. The summed E-state index contributed by atoms with van der Waals surface area (Å²) in [6, 6.07) is 5.89. The summed E-state index contributed by atoms with van der Waals surface area (Å²) in [5, 5.41) is 3.46. The van der Waals surface area contributed by atoms with Gasteiger partial charge in [0.1, 0.15) is 5.82 Å². The van der Waals surface area contributed by atoms with Crippen LogP contribution in [0, 0.1) is 5.82 Å². The van der Waals surface area contributed by atoms with Crippen molar-refractivity contribution in [1.82, 2.24) is 9.97 Å². The van der Waals surface area contributed by atoms with Gasteiger partial charge in [0.2, 0.25) is 5.95 Å². The Hall–Kier alpha value is -1.68. The highest BCUT2D eigenvalue weighted by Crippen LogP contribution is 2.27. The lowest BCUT2D eigenvalue weighted by atomic mass is 10.1. The van der Waals surface area contributed by atoms with Gasteiger partial charge in [0.05, 0.1) is 10.7 Å². The van der Waals surface area contributed by atoms with Crippen LogP contribution in [0.25, 0.3) is 11.3 Å². The lowest BCUT2D eigenvalue weighted by molar-refractivity contribution is 0.628. The zero-order valence-corrected chi connectivity index (χ0v) is 10.0. The maximum atomic E-state index is 13.2.